The van der Waals surface area contributed by atoms with Gasteiger partial charge in [0.05, 0.1) is 12.7 Å². The molecule has 2 fully saturated rings. The molecule has 0 aliphatic carbocycles. The zero-order valence-corrected chi connectivity index (χ0v) is 8.86. The van der Waals surface area contributed by atoms with Crippen LogP contribution in [0.2, 0.25) is 0 Å². The summed E-state index contributed by atoms with van der Waals surface area (Å²) in [6.45, 7) is 9.12. The van der Waals surface area contributed by atoms with E-state index in [1.165, 1.54) is 13.1 Å². The fraction of sp³-hybridized carbons (Fsp3) is 1.00. The van der Waals surface area contributed by atoms with Crippen LogP contribution in [-0.4, -0.2) is 61.3 Å². The number of rotatable bonds is 2. The summed E-state index contributed by atoms with van der Waals surface area (Å²) in [7, 11) is 2.22. The third-order valence-electron chi connectivity index (χ3n) is 3.30. The summed E-state index contributed by atoms with van der Waals surface area (Å²) in [6.07, 6.45) is 0.544. The molecule has 0 spiro atoms. The second-order valence-corrected chi connectivity index (χ2v) is 4.54. The van der Waals surface area contributed by atoms with Gasteiger partial charge in [0.25, 0.3) is 0 Å². The van der Waals surface area contributed by atoms with E-state index in [4.69, 9.17) is 4.74 Å². The average molecular weight is 184 g/mol. The molecule has 0 aromatic carbocycles. The molecule has 2 rings (SSSR count). The monoisotopic (exact) mass is 184 g/mol. The van der Waals surface area contributed by atoms with Crippen molar-refractivity contribution in [3.8, 4) is 0 Å². The van der Waals surface area contributed by atoms with Crippen molar-refractivity contribution in [2.24, 2.45) is 0 Å². The third kappa shape index (κ3) is 2.22. The Hall–Kier alpha value is -0.120. The van der Waals surface area contributed by atoms with Crippen LogP contribution >= 0.6 is 0 Å². The Bertz CT molecular complexity index is 170. The first kappa shape index (κ1) is 9.44. The van der Waals surface area contributed by atoms with Crippen molar-refractivity contribution in [3.63, 3.8) is 0 Å². The summed E-state index contributed by atoms with van der Waals surface area (Å²) < 4.78 is 5.25. The van der Waals surface area contributed by atoms with E-state index >= 15 is 0 Å². The van der Waals surface area contributed by atoms with Gasteiger partial charge in [-0.3, -0.25) is 9.80 Å². The van der Waals surface area contributed by atoms with Gasteiger partial charge in [-0.25, -0.2) is 0 Å². The predicted molar refractivity (Wildman–Crippen MR) is 52.9 cm³/mol. The van der Waals surface area contributed by atoms with E-state index < -0.39 is 0 Å². The Labute approximate surface area is 80.6 Å². The molecule has 0 radical (unpaired) electrons. The minimum absolute atomic E-state index is 0.544. The number of epoxide rings is 1. The highest BCUT2D eigenvalue weighted by molar-refractivity contribution is 4.85. The highest BCUT2D eigenvalue weighted by Crippen LogP contribution is 2.17. The quantitative estimate of drug-likeness (QED) is 0.579. The van der Waals surface area contributed by atoms with Crippen LogP contribution in [-0.2, 0) is 4.74 Å². The van der Waals surface area contributed by atoms with Gasteiger partial charge >= 0.3 is 0 Å². The molecular weight excluding hydrogens is 164 g/mol. The molecule has 2 unspecified atom stereocenters. The summed E-state index contributed by atoms with van der Waals surface area (Å²) in [4.78, 5) is 5.00. The molecule has 13 heavy (non-hydrogen) atoms. The Kier molecular flexibility index (Phi) is 2.58. The highest BCUT2D eigenvalue weighted by Gasteiger charge is 2.31. The molecule has 2 aliphatic heterocycles. The van der Waals surface area contributed by atoms with Crippen molar-refractivity contribution in [1.29, 1.82) is 0 Å². The van der Waals surface area contributed by atoms with Gasteiger partial charge in [0.1, 0.15) is 0 Å². The molecular formula is C10H20N2O. The van der Waals surface area contributed by atoms with Gasteiger partial charge in [-0.05, 0) is 20.9 Å². The average Bonchev–Trinajstić information content (AvgIpc) is 2.84. The summed E-state index contributed by atoms with van der Waals surface area (Å²) in [5, 5.41) is 0. The van der Waals surface area contributed by atoms with E-state index in [1.807, 2.05) is 0 Å². The van der Waals surface area contributed by atoms with Gasteiger partial charge in [-0.1, -0.05) is 0 Å². The van der Waals surface area contributed by atoms with Crippen molar-refractivity contribution in [2.75, 3.05) is 33.3 Å². The van der Waals surface area contributed by atoms with Crippen LogP contribution in [0.5, 0.6) is 0 Å². The van der Waals surface area contributed by atoms with Crippen LogP contribution in [0.15, 0.2) is 0 Å². The summed E-state index contributed by atoms with van der Waals surface area (Å²) in [6, 6.07) is 1.37. The molecule has 0 aromatic heterocycles. The molecule has 3 nitrogen and oxygen atoms in total. The van der Waals surface area contributed by atoms with E-state index in [2.05, 4.69) is 30.7 Å². The molecule has 2 aliphatic rings. The molecule has 3 heteroatoms. The number of hydrogen-bond donors (Lipinski definition) is 0. The number of nitrogens with zero attached hydrogens (tertiary/aromatic N) is 2. The lowest BCUT2D eigenvalue weighted by Crippen LogP contribution is -2.55. The van der Waals surface area contributed by atoms with Gasteiger partial charge in [0.2, 0.25) is 0 Å². The summed E-state index contributed by atoms with van der Waals surface area (Å²) in [5.74, 6) is 0. The number of likely N-dealkylation sites (N-methyl/N-ethyl adjacent to an activating group) is 1. The van der Waals surface area contributed by atoms with Crippen LogP contribution in [0, 0.1) is 0 Å². The first-order valence-corrected chi connectivity index (χ1v) is 5.22. The molecule has 76 valence electrons. The molecule has 0 saturated carbocycles. The molecule has 2 saturated heterocycles. The van der Waals surface area contributed by atoms with Gasteiger partial charge in [0.15, 0.2) is 0 Å². The first-order valence-electron chi connectivity index (χ1n) is 5.22. The van der Waals surface area contributed by atoms with Gasteiger partial charge < -0.3 is 4.74 Å². The van der Waals surface area contributed by atoms with Gasteiger partial charge in [-0.2, -0.15) is 0 Å². The molecule has 0 amide bonds. The Morgan fingerprint density at radius 2 is 1.77 bits per heavy atom. The van der Waals surface area contributed by atoms with Crippen LogP contribution in [0.3, 0.4) is 0 Å². The van der Waals surface area contributed by atoms with E-state index in [1.54, 1.807) is 0 Å². The Morgan fingerprint density at radius 3 is 2.23 bits per heavy atom. The normalized spacial score (nSPS) is 42.2. The number of hydrogen-bond acceptors (Lipinski definition) is 3. The van der Waals surface area contributed by atoms with E-state index in [-0.39, 0.29) is 0 Å². The lowest BCUT2D eigenvalue weighted by Gasteiger charge is -2.42. The van der Waals surface area contributed by atoms with Crippen molar-refractivity contribution in [1.82, 2.24) is 9.80 Å². The predicted octanol–water partition coefficient (Wildman–Crippen LogP) is 0.410. The smallest absolute Gasteiger partial charge is 0.0936 e. The first-order chi connectivity index (χ1) is 6.16. The van der Waals surface area contributed by atoms with Gasteiger partial charge in [-0.15, -0.1) is 0 Å². The minimum atomic E-state index is 0.544. The van der Waals surface area contributed by atoms with Crippen LogP contribution in [0.25, 0.3) is 0 Å². The van der Waals surface area contributed by atoms with Crippen molar-refractivity contribution < 1.29 is 4.74 Å². The maximum atomic E-state index is 5.25. The largest absolute Gasteiger partial charge is 0.372 e. The van der Waals surface area contributed by atoms with Crippen LogP contribution in [0.4, 0.5) is 0 Å². The zero-order chi connectivity index (χ0) is 9.42. The molecule has 2 heterocycles. The molecule has 0 aromatic rings. The number of piperazine rings is 1. The summed E-state index contributed by atoms with van der Waals surface area (Å²) in [5.41, 5.74) is 0. The summed E-state index contributed by atoms with van der Waals surface area (Å²) >= 11 is 0. The molecule has 0 bridgehead atoms. The highest BCUT2D eigenvalue weighted by atomic mass is 16.6. The van der Waals surface area contributed by atoms with E-state index in [0.29, 0.717) is 18.2 Å². The lowest BCUT2D eigenvalue weighted by atomic mass is 10.1. The van der Waals surface area contributed by atoms with Crippen molar-refractivity contribution in [2.45, 2.75) is 32.0 Å². The minimum Gasteiger partial charge on any atom is -0.372 e. The van der Waals surface area contributed by atoms with E-state index in [0.717, 1.165) is 13.2 Å². The second-order valence-electron chi connectivity index (χ2n) is 4.54. The Balaban J connectivity index is 1.84. The standard InChI is InChI=1S/C10H20N2O/c1-8-4-12(6-10-7-13-10)5-9(2)11(8)3/h8-10H,4-7H2,1-3H3/t8?,9?,10-/m0/s1. The molecule has 3 atom stereocenters. The fourth-order valence-corrected chi connectivity index (χ4v) is 2.12. The second kappa shape index (κ2) is 3.56. The Morgan fingerprint density at radius 1 is 1.23 bits per heavy atom. The van der Waals surface area contributed by atoms with Crippen molar-refractivity contribution in [3.05, 3.63) is 0 Å². The van der Waals surface area contributed by atoms with Gasteiger partial charge in [0, 0.05) is 31.7 Å². The fourth-order valence-electron chi connectivity index (χ4n) is 2.12. The van der Waals surface area contributed by atoms with E-state index in [9.17, 15) is 0 Å². The lowest BCUT2D eigenvalue weighted by molar-refractivity contribution is 0.0561. The van der Waals surface area contributed by atoms with Crippen LogP contribution in [0.1, 0.15) is 13.8 Å². The third-order valence-corrected chi connectivity index (χ3v) is 3.30. The topological polar surface area (TPSA) is 19.0 Å². The SMILES string of the molecule is CC1CN(C[C@H]2CO2)CC(C)N1C. The zero-order valence-electron chi connectivity index (χ0n) is 8.86. The van der Waals surface area contributed by atoms with Crippen molar-refractivity contribution >= 4 is 0 Å². The maximum absolute atomic E-state index is 5.25. The van der Waals surface area contributed by atoms with Crippen LogP contribution < -0.4 is 0 Å². The molecule has 0 N–H and O–H groups in total. The maximum Gasteiger partial charge on any atom is 0.0936 e. The number of ether oxygens (including phenoxy) is 1.